The van der Waals surface area contributed by atoms with Gasteiger partial charge in [0.1, 0.15) is 5.82 Å². The van der Waals surface area contributed by atoms with E-state index in [0.29, 0.717) is 30.5 Å². The van der Waals surface area contributed by atoms with Crippen molar-refractivity contribution in [3.05, 3.63) is 101 Å². The van der Waals surface area contributed by atoms with E-state index in [2.05, 4.69) is 11.4 Å². The first-order valence-corrected chi connectivity index (χ1v) is 10.9. The van der Waals surface area contributed by atoms with E-state index in [1.807, 2.05) is 36.4 Å². The van der Waals surface area contributed by atoms with Crippen molar-refractivity contribution in [3.8, 4) is 6.07 Å². The summed E-state index contributed by atoms with van der Waals surface area (Å²) in [5.74, 6) is -0.786. The normalized spacial score (nSPS) is 14.7. The lowest BCUT2D eigenvalue weighted by molar-refractivity contribution is -0.133. The molecule has 1 aliphatic rings. The van der Waals surface area contributed by atoms with Crippen LogP contribution in [0.15, 0.2) is 72.8 Å². The number of amides is 2. The summed E-state index contributed by atoms with van der Waals surface area (Å²) in [6.07, 6.45) is 1.26. The highest BCUT2D eigenvalue weighted by Crippen LogP contribution is 2.28. The number of hydrogen-bond acceptors (Lipinski definition) is 3. The monoisotopic (exact) mass is 441 g/mol. The zero-order valence-corrected chi connectivity index (χ0v) is 18.1. The van der Waals surface area contributed by atoms with E-state index in [1.165, 1.54) is 12.1 Å². The minimum atomic E-state index is -0.351. The van der Waals surface area contributed by atoms with Crippen molar-refractivity contribution < 1.29 is 14.0 Å². The van der Waals surface area contributed by atoms with Crippen LogP contribution in [-0.4, -0.2) is 16.7 Å². The second-order valence-corrected chi connectivity index (χ2v) is 8.27. The van der Waals surface area contributed by atoms with Gasteiger partial charge in [-0.3, -0.25) is 9.59 Å². The average molecular weight is 442 g/mol. The third-order valence-electron chi connectivity index (χ3n) is 5.89. The molecule has 1 unspecified atom stereocenters. The van der Waals surface area contributed by atoms with Gasteiger partial charge in [-0.1, -0.05) is 42.5 Å². The summed E-state index contributed by atoms with van der Waals surface area (Å²) in [6.45, 7) is 0.594. The molecule has 0 bridgehead atoms. The topological polar surface area (TPSA) is 73.2 Å². The number of benzene rings is 3. The first-order valence-electron chi connectivity index (χ1n) is 10.9. The maximum Gasteiger partial charge on any atom is 0.227 e. The third-order valence-corrected chi connectivity index (χ3v) is 5.89. The number of rotatable bonds is 7. The predicted octanol–water partition coefficient (Wildman–Crippen LogP) is 4.82. The lowest BCUT2D eigenvalue weighted by atomic mass is 9.89. The van der Waals surface area contributed by atoms with Crippen molar-refractivity contribution in [3.63, 3.8) is 0 Å². The maximum absolute atomic E-state index is 13.7. The molecule has 4 rings (SSSR count). The van der Waals surface area contributed by atoms with E-state index in [0.717, 1.165) is 16.8 Å². The molecule has 0 saturated carbocycles. The van der Waals surface area contributed by atoms with Crippen LogP contribution in [0.3, 0.4) is 0 Å². The van der Waals surface area contributed by atoms with Crippen molar-refractivity contribution in [2.45, 2.75) is 32.4 Å². The van der Waals surface area contributed by atoms with Gasteiger partial charge in [0, 0.05) is 31.1 Å². The number of nitrogens with zero attached hydrogens (tertiary/aromatic N) is 2. The van der Waals surface area contributed by atoms with Crippen molar-refractivity contribution >= 4 is 17.5 Å². The summed E-state index contributed by atoms with van der Waals surface area (Å²) in [7, 11) is 0. The highest BCUT2D eigenvalue weighted by atomic mass is 19.1. The summed E-state index contributed by atoms with van der Waals surface area (Å²) in [5, 5.41) is 11.9. The molecule has 0 saturated heterocycles. The van der Waals surface area contributed by atoms with Gasteiger partial charge in [-0.15, -0.1) is 0 Å². The van der Waals surface area contributed by atoms with Crippen LogP contribution >= 0.6 is 0 Å². The van der Waals surface area contributed by atoms with Crippen LogP contribution in [0.4, 0.5) is 10.1 Å². The number of nitrogens with one attached hydrogen (secondary N) is 1. The number of carbonyl (C=O) groups is 2. The van der Waals surface area contributed by atoms with Gasteiger partial charge in [0.05, 0.1) is 11.6 Å². The van der Waals surface area contributed by atoms with Crippen LogP contribution in [-0.2, 0) is 29.1 Å². The Kier molecular flexibility index (Phi) is 6.80. The highest BCUT2D eigenvalue weighted by molar-refractivity contribution is 5.96. The van der Waals surface area contributed by atoms with E-state index in [1.54, 1.807) is 29.2 Å². The second kappa shape index (κ2) is 10.1. The number of anilines is 1. The third kappa shape index (κ3) is 5.64. The van der Waals surface area contributed by atoms with Gasteiger partial charge < -0.3 is 10.2 Å². The van der Waals surface area contributed by atoms with Gasteiger partial charge in [-0.05, 0) is 59.9 Å². The number of para-hydroxylation sites is 1. The molecule has 2 amide bonds. The van der Waals surface area contributed by atoms with E-state index >= 15 is 0 Å². The summed E-state index contributed by atoms with van der Waals surface area (Å²) in [5.41, 5.74) is 4.03. The molecule has 1 heterocycles. The lowest BCUT2D eigenvalue weighted by Crippen LogP contribution is -2.33. The average Bonchev–Trinajstić information content (AvgIpc) is 2.82. The van der Waals surface area contributed by atoms with Gasteiger partial charge in [-0.25, -0.2) is 4.39 Å². The lowest BCUT2D eigenvalue weighted by Gasteiger charge is -2.27. The zero-order valence-electron chi connectivity index (χ0n) is 18.1. The Morgan fingerprint density at radius 3 is 2.55 bits per heavy atom. The molecule has 1 atom stereocenters. The smallest absolute Gasteiger partial charge is 0.227 e. The Morgan fingerprint density at radius 1 is 1.03 bits per heavy atom. The molecule has 1 N–H and O–H groups in total. The summed E-state index contributed by atoms with van der Waals surface area (Å²) in [4.78, 5) is 27.4. The van der Waals surface area contributed by atoms with E-state index in [4.69, 9.17) is 5.26 Å². The van der Waals surface area contributed by atoms with Gasteiger partial charge in [0.15, 0.2) is 0 Å². The first-order chi connectivity index (χ1) is 16.0. The van der Waals surface area contributed by atoms with Gasteiger partial charge in [-0.2, -0.15) is 5.26 Å². The van der Waals surface area contributed by atoms with E-state index in [-0.39, 0.29) is 36.5 Å². The molecule has 166 valence electrons. The van der Waals surface area contributed by atoms with Gasteiger partial charge >= 0.3 is 0 Å². The van der Waals surface area contributed by atoms with Crippen LogP contribution in [0, 0.1) is 23.1 Å². The Balaban J connectivity index is 1.46. The quantitative estimate of drug-likeness (QED) is 0.571. The van der Waals surface area contributed by atoms with Crippen molar-refractivity contribution in [1.29, 1.82) is 5.26 Å². The molecule has 3 aromatic rings. The molecular formula is C27H24FN3O2. The Labute approximate surface area is 192 Å². The Morgan fingerprint density at radius 2 is 1.79 bits per heavy atom. The zero-order chi connectivity index (χ0) is 23.2. The molecule has 33 heavy (non-hydrogen) atoms. The SMILES string of the molecule is N#Cc1ccc(CN(Cc2cccc(F)c2)C(=O)CCC2Cc3ccccc3NC2=O)cc1. The summed E-state index contributed by atoms with van der Waals surface area (Å²) >= 11 is 0. The van der Waals surface area contributed by atoms with Crippen LogP contribution in [0.25, 0.3) is 0 Å². The molecule has 0 fully saturated rings. The minimum absolute atomic E-state index is 0.0646. The van der Waals surface area contributed by atoms with Gasteiger partial charge in [0.2, 0.25) is 11.8 Å². The van der Waals surface area contributed by atoms with E-state index < -0.39 is 0 Å². The Bertz CT molecular complexity index is 1200. The first kappa shape index (κ1) is 22.2. The van der Waals surface area contributed by atoms with Crippen LogP contribution in [0.2, 0.25) is 0 Å². The fourth-order valence-corrected chi connectivity index (χ4v) is 4.10. The molecule has 0 radical (unpaired) electrons. The van der Waals surface area contributed by atoms with Crippen LogP contribution in [0.5, 0.6) is 0 Å². The van der Waals surface area contributed by atoms with Gasteiger partial charge in [0.25, 0.3) is 0 Å². The minimum Gasteiger partial charge on any atom is -0.334 e. The largest absolute Gasteiger partial charge is 0.334 e. The Hall–Kier alpha value is -3.98. The second-order valence-electron chi connectivity index (χ2n) is 8.27. The maximum atomic E-state index is 13.7. The highest BCUT2D eigenvalue weighted by Gasteiger charge is 2.27. The molecule has 0 spiro atoms. The summed E-state index contributed by atoms with van der Waals surface area (Å²) < 4.78 is 13.7. The molecule has 6 heteroatoms. The van der Waals surface area contributed by atoms with Crippen molar-refractivity contribution in [2.24, 2.45) is 5.92 Å². The molecule has 1 aliphatic heterocycles. The molecule has 0 aliphatic carbocycles. The fraction of sp³-hybridized carbons (Fsp3) is 0.222. The van der Waals surface area contributed by atoms with Crippen molar-refractivity contribution in [2.75, 3.05) is 5.32 Å². The molecular weight excluding hydrogens is 417 g/mol. The molecule has 5 nitrogen and oxygen atoms in total. The number of fused-ring (bicyclic) bond motifs is 1. The standard InChI is InChI=1S/C27H24FN3O2/c28-24-6-3-4-21(14-24)18-31(17-20-10-8-19(16-29)9-11-20)26(32)13-12-23-15-22-5-1-2-7-25(22)30-27(23)33/h1-11,14,23H,12-13,15,17-18H2,(H,30,33). The fourth-order valence-electron chi connectivity index (χ4n) is 4.10. The number of halogens is 1. The van der Waals surface area contributed by atoms with Crippen molar-refractivity contribution in [1.82, 2.24) is 4.90 Å². The predicted molar refractivity (Wildman–Crippen MR) is 123 cm³/mol. The molecule has 3 aromatic carbocycles. The summed E-state index contributed by atoms with van der Waals surface area (Å²) in [6, 6.07) is 23.0. The van der Waals surface area contributed by atoms with Crippen LogP contribution in [0.1, 0.15) is 35.1 Å². The molecule has 0 aromatic heterocycles. The number of carbonyl (C=O) groups excluding carboxylic acids is 2. The van der Waals surface area contributed by atoms with Crippen LogP contribution < -0.4 is 5.32 Å². The number of nitriles is 1. The number of hydrogen-bond donors (Lipinski definition) is 1. The van der Waals surface area contributed by atoms with E-state index in [9.17, 15) is 14.0 Å².